The minimum Gasteiger partial charge on any atom is -0.484 e. The van der Waals surface area contributed by atoms with Crippen molar-refractivity contribution >= 4 is 11.7 Å². The Morgan fingerprint density at radius 2 is 1.58 bits per heavy atom. The molecule has 0 saturated carbocycles. The first-order chi connectivity index (χ1) is 12.5. The zero-order chi connectivity index (χ0) is 18.5. The molecule has 6 heteroatoms. The lowest BCUT2D eigenvalue weighted by molar-refractivity contribution is -0.118. The molecular formula is C20H21N3O3. The van der Waals surface area contributed by atoms with Crippen molar-refractivity contribution < 1.29 is 14.3 Å². The number of aryl methyl sites for hydroxylation is 3. The number of carbonyl (C=O) groups is 1. The molecule has 1 aromatic heterocycles. The molecule has 1 heterocycles. The summed E-state index contributed by atoms with van der Waals surface area (Å²) in [5.74, 6) is 2.47. The van der Waals surface area contributed by atoms with Crippen LogP contribution in [0.1, 0.15) is 11.3 Å². The SMILES string of the molecule is Cc1ccc(Oc2ccc(OCC(=O)Nc3cc(C)nn3C)cc2)cc1. The van der Waals surface area contributed by atoms with E-state index in [4.69, 9.17) is 9.47 Å². The summed E-state index contributed by atoms with van der Waals surface area (Å²) in [6.45, 7) is 3.82. The van der Waals surface area contributed by atoms with Gasteiger partial charge in [-0.3, -0.25) is 9.48 Å². The van der Waals surface area contributed by atoms with Crippen molar-refractivity contribution in [1.29, 1.82) is 0 Å². The molecular weight excluding hydrogens is 330 g/mol. The van der Waals surface area contributed by atoms with Gasteiger partial charge in [0.15, 0.2) is 6.61 Å². The summed E-state index contributed by atoms with van der Waals surface area (Å²) in [4.78, 5) is 12.0. The summed E-state index contributed by atoms with van der Waals surface area (Å²) in [5.41, 5.74) is 2.02. The van der Waals surface area contributed by atoms with Crippen molar-refractivity contribution in [2.24, 2.45) is 7.05 Å². The van der Waals surface area contributed by atoms with Crippen LogP contribution in [0.3, 0.4) is 0 Å². The van der Waals surface area contributed by atoms with Crippen molar-refractivity contribution in [2.75, 3.05) is 11.9 Å². The molecule has 0 aliphatic heterocycles. The van der Waals surface area contributed by atoms with E-state index >= 15 is 0 Å². The van der Waals surface area contributed by atoms with Gasteiger partial charge in [0.05, 0.1) is 5.69 Å². The Bertz CT molecular complexity index is 884. The standard InChI is InChI=1S/C20H21N3O3/c1-14-4-6-17(7-5-14)26-18-10-8-16(9-11-18)25-13-20(24)21-19-12-15(2)22-23(19)3/h4-12H,13H2,1-3H3,(H,21,24). The molecule has 0 radical (unpaired) electrons. The summed E-state index contributed by atoms with van der Waals surface area (Å²) >= 11 is 0. The van der Waals surface area contributed by atoms with Crippen LogP contribution in [0.2, 0.25) is 0 Å². The zero-order valence-corrected chi connectivity index (χ0v) is 15.0. The number of aromatic nitrogens is 2. The molecule has 134 valence electrons. The van der Waals surface area contributed by atoms with Crippen LogP contribution in [0.4, 0.5) is 5.82 Å². The average Bonchev–Trinajstić information content (AvgIpc) is 2.93. The molecule has 0 aliphatic carbocycles. The summed E-state index contributed by atoms with van der Waals surface area (Å²) < 4.78 is 12.9. The highest BCUT2D eigenvalue weighted by Crippen LogP contribution is 2.24. The minimum atomic E-state index is -0.243. The van der Waals surface area contributed by atoms with Gasteiger partial charge < -0.3 is 14.8 Å². The minimum absolute atomic E-state index is 0.0810. The van der Waals surface area contributed by atoms with Crippen LogP contribution in [0, 0.1) is 13.8 Å². The Labute approximate surface area is 152 Å². The van der Waals surface area contributed by atoms with Gasteiger partial charge in [-0.25, -0.2) is 0 Å². The Morgan fingerprint density at radius 3 is 2.15 bits per heavy atom. The fourth-order valence-electron chi connectivity index (χ4n) is 2.40. The van der Waals surface area contributed by atoms with Crippen molar-refractivity contribution in [2.45, 2.75) is 13.8 Å². The first-order valence-corrected chi connectivity index (χ1v) is 8.27. The molecule has 0 fully saturated rings. The van der Waals surface area contributed by atoms with E-state index in [0.29, 0.717) is 17.3 Å². The number of rotatable bonds is 6. The third-order valence-corrected chi connectivity index (χ3v) is 3.72. The summed E-state index contributed by atoms with van der Waals surface area (Å²) in [6, 6.07) is 16.8. The van der Waals surface area contributed by atoms with Gasteiger partial charge in [0.2, 0.25) is 0 Å². The topological polar surface area (TPSA) is 65.4 Å². The van der Waals surface area contributed by atoms with Crippen LogP contribution in [0.15, 0.2) is 54.6 Å². The average molecular weight is 351 g/mol. The third-order valence-electron chi connectivity index (χ3n) is 3.72. The van der Waals surface area contributed by atoms with E-state index in [9.17, 15) is 4.79 Å². The highest BCUT2D eigenvalue weighted by molar-refractivity contribution is 5.91. The molecule has 3 rings (SSSR count). The molecule has 3 aromatic rings. The maximum atomic E-state index is 12.0. The second-order valence-electron chi connectivity index (χ2n) is 6.02. The fraction of sp³-hybridized carbons (Fsp3) is 0.200. The quantitative estimate of drug-likeness (QED) is 0.733. The van der Waals surface area contributed by atoms with Crippen molar-refractivity contribution in [3.8, 4) is 17.2 Å². The van der Waals surface area contributed by atoms with E-state index in [1.165, 1.54) is 5.56 Å². The van der Waals surface area contributed by atoms with E-state index in [2.05, 4.69) is 10.4 Å². The highest BCUT2D eigenvalue weighted by atomic mass is 16.5. The zero-order valence-electron chi connectivity index (χ0n) is 15.0. The first kappa shape index (κ1) is 17.5. The van der Waals surface area contributed by atoms with Crippen molar-refractivity contribution in [1.82, 2.24) is 9.78 Å². The molecule has 0 bridgehead atoms. The van der Waals surface area contributed by atoms with Gasteiger partial charge in [0.1, 0.15) is 23.1 Å². The fourth-order valence-corrected chi connectivity index (χ4v) is 2.40. The van der Waals surface area contributed by atoms with Crippen molar-refractivity contribution in [3.63, 3.8) is 0 Å². The normalized spacial score (nSPS) is 10.4. The number of hydrogen-bond donors (Lipinski definition) is 1. The van der Waals surface area contributed by atoms with Crippen LogP contribution in [-0.4, -0.2) is 22.3 Å². The second kappa shape index (κ2) is 7.74. The summed E-state index contributed by atoms with van der Waals surface area (Å²) in [5, 5.41) is 6.94. The number of benzene rings is 2. The van der Waals surface area contributed by atoms with E-state index in [0.717, 1.165) is 11.4 Å². The van der Waals surface area contributed by atoms with Crippen LogP contribution >= 0.6 is 0 Å². The Kier molecular flexibility index (Phi) is 5.22. The van der Waals surface area contributed by atoms with E-state index < -0.39 is 0 Å². The maximum Gasteiger partial charge on any atom is 0.263 e. The Balaban J connectivity index is 1.51. The molecule has 0 aliphatic rings. The van der Waals surface area contributed by atoms with Gasteiger partial charge >= 0.3 is 0 Å². The van der Waals surface area contributed by atoms with Gasteiger partial charge in [-0.2, -0.15) is 5.10 Å². The molecule has 0 atom stereocenters. The van der Waals surface area contributed by atoms with Gasteiger partial charge in [-0.05, 0) is 50.2 Å². The van der Waals surface area contributed by atoms with E-state index in [1.807, 2.05) is 38.1 Å². The number of nitrogens with one attached hydrogen (secondary N) is 1. The number of ether oxygens (including phenoxy) is 2. The molecule has 0 saturated heterocycles. The van der Waals surface area contributed by atoms with Crippen molar-refractivity contribution in [3.05, 3.63) is 65.9 Å². The number of nitrogens with zero attached hydrogens (tertiary/aromatic N) is 2. The Morgan fingerprint density at radius 1 is 1.00 bits per heavy atom. The van der Waals surface area contributed by atoms with E-state index in [-0.39, 0.29) is 12.5 Å². The predicted molar refractivity (Wildman–Crippen MR) is 99.8 cm³/mol. The molecule has 1 N–H and O–H groups in total. The summed E-state index contributed by atoms with van der Waals surface area (Å²) in [7, 11) is 1.77. The van der Waals surface area contributed by atoms with Crippen LogP contribution < -0.4 is 14.8 Å². The maximum absolute atomic E-state index is 12.0. The van der Waals surface area contributed by atoms with Crippen LogP contribution in [0.25, 0.3) is 0 Å². The lowest BCUT2D eigenvalue weighted by atomic mass is 10.2. The number of amides is 1. The third kappa shape index (κ3) is 4.63. The highest BCUT2D eigenvalue weighted by Gasteiger charge is 2.08. The molecule has 2 aromatic carbocycles. The van der Waals surface area contributed by atoms with Crippen LogP contribution in [0.5, 0.6) is 17.2 Å². The van der Waals surface area contributed by atoms with E-state index in [1.54, 1.807) is 42.1 Å². The van der Waals surface area contributed by atoms with Gasteiger partial charge in [-0.15, -0.1) is 0 Å². The summed E-state index contributed by atoms with van der Waals surface area (Å²) in [6.07, 6.45) is 0. The lowest BCUT2D eigenvalue weighted by Crippen LogP contribution is -2.21. The first-order valence-electron chi connectivity index (χ1n) is 8.27. The number of hydrogen-bond acceptors (Lipinski definition) is 4. The largest absolute Gasteiger partial charge is 0.484 e. The second-order valence-corrected chi connectivity index (χ2v) is 6.02. The molecule has 0 unspecified atom stereocenters. The molecule has 1 amide bonds. The monoisotopic (exact) mass is 351 g/mol. The number of carbonyl (C=O) groups excluding carboxylic acids is 1. The van der Waals surface area contributed by atoms with Gasteiger partial charge in [0.25, 0.3) is 5.91 Å². The molecule has 0 spiro atoms. The van der Waals surface area contributed by atoms with Gasteiger partial charge in [-0.1, -0.05) is 17.7 Å². The van der Waals surface area contributed by atoms with Gasteiger partial charge in [0, 0.05) is 13.1 Å². The predicted octanol–water partition coefficient (Wildman–Crippen LogP) is 3.85. The number of anilines is 1. The smallest absolute Gasteiger partial charge is 0.263 e. The van der Waals surface area contributed by atoms with Crippen LogP contribution in [-0.2, 0) is 11.8 Å². The molecule has 6 nitrogen and oxygen atoms in total. The Hall–Kier alpha value is -3.28. The molecule has 26 heavy (non-hydrogen) atoms. The lowest BCUT2D eigenvalue weighted by Gasteiger charge is -2.09.